The van der Waals surface area contributed by atoms with Crippen LogP contribution in [0.2, 0.25) is 0 Å². The average Bonchev–Trinajstić information content (AvgIpc) is 2.11. The lowest BCUT2D eigenvalue weighted by Crippen LogP contribution is -2.21. The fourth-order valence-corrected chi connectivity index (χ4v) is 3.32. The highest BCUT2D eigenvalue weighted by molar-refractivity contribution is 6.44. The monoisotopic (exact) mass is 232 g/mol. The summed E-state index contributed by atoms with van der Waals surface area (Å²) < 4.78 is 0.235. The first-order valence-electron chi connectivity index (χ1n) is 6.40. The van der Waals surface area contributed by atoms with Crippen LogP contribution in [0.3, 0.4) is 0 Å². The van der Waals surface area contributed by atoms with Crippen molar-refractivity contribution in [1.82, 2.24) is 0 Å². The van der Waals surface area contributed by atoms with E-state index >= 15 is 0 Å². The summed E-state index contributed by atoms with van der Waals surface area (Å²) in [5.74, 6) is 0. The zero-order chi connectivity index (χ0) is 10.3. The van der Waals surface area contributed by atoms with E-state index in [1.807, 2.05) is 0 Å². The standard InChI is InChI=1S/C12H25ClSi/c13-12(14)10-8-6-4-2-1-3-5-7-9-11-12/h1-11H2,14H3. The van der Waals surface area contributed by atoms with Crippen molar-refractivity contribution >= 4 is 21.8 Å². The summed E-state index contributed by atoms with van der Waals surface area (Å²) in [6, 6.07) is 0. The summed E-state index contributed by atoms with van der Waals surface area (Å²) >= 11 is 6.53. The molecule has 0 unspecified atom stereocenters. The van der Waals surface area contributed by atoms with Crippen LogP contribution in [0.1, 0.15) is 70.6 Å². The molecule has 0 aromatic heterocycles. The molecule has 0 atom stereocenters. The lowest BCUT2D eigenvalue weighted by Gasteiger charge is -2.22. The van der Waals surface area contributed by atoms with Gasteiger partial charge in [0.05, 0.1) is 0 Å². The Labute approximate surface area is 97.2 Å². The van der Waals surface area contributed by atoms with Gasteiger partial charge in [-0.1, -0.05) is 57.8 Å². The van der Waals surface area contributed by atoms with Gasteiger partial charge in [-0.05, 0) is 12.8 Å². The third-order valence-corrected chi connectivity index (χ3v) is 4.77. The summed E-state index contributed by atoms with van der Waals surface area (Å²) in [5.41, 5.74) is 0. The van der Waals surface area contributed by atoms with Crippen molar-refractivity contribution in [2.24, 2.45) is 0 Å². The van der Waals surface area contributed by atoms with Gasteiger partial charge in [-0.25, -0.2) is 0 Å². The Morgan fingerprint density at radius 2 is 0.929 bits per heavy atom. The van der Waals surface area contributed by atoms with Crippen molar-refractivity contribution in [3.8, 4) is 0 Å². The Bertz CT molecular complexity index is 131. The van der Waals surface area contributed by atoms with Gasteiger partial charge in [0.25, 0.3) is 0 Å². The molecule has 1 aliphatic carbocycles. The molecule has 0 spiro atoms. The third-order valence-electron chi connectivity index (χ3n) is 3.40. The Balaban J connectivity index is 2.24. The second kappa shape index (κ2) is 6.89. The van der Waals surface area contributed by atoms with Crippen LogP contribution in [-0.4, -0.2) is 14.7 Å². The van der Waals surface area contributed by atoms with E-state index in [2.05, 4.69) is 0 Å². The minimum Gasteiger partial charge on any atom is -0.124 e. The highest BCUT2D eigenvalue weighted by Crippen LogP contribution is 2.27. The van der Waals surface area contributed by atoms with Crippen LogP contribution in [0, 0.1) is 0 Å². The molecule has 0 nitrogen and oxygen atoms in total. The fourth-order valence-electron chi connectivity index (χ4n) is 2.35. The first-order valence-corrected chi connectivity index (χ1v) is 7.77. The predicted molar refractivity (Wildman–Crippen MR) is 69.3 cm³/mol. The molecule has 0 aromatic carbocycles. The minimum absolute atomic E-state index is 0.235. The van der Waals surface area contributed by atoms with Gasteiger partial charge in [0.15, 0.2) is 0 Å². The molecule has 1 saturated carbocycles. The Morgan fingerprint density at radius 1 is 0.643 bits per heavy atom. The minimum atomic E-state index is 0.235. The zero-order valence-electron chi connectivity index (χ0n) is 9.66. The number of hydrogen-bond acceptors (Lipinski definition) is 0. The highest BCUT2D eigenvalue weighted by Gasteiger charge is 2.19. The number of hydrogen-bond donors (Lipinski definition) is 0. The molecule has 0 bridgehead atoms. The van der Waals surface area contributed by atoms with Gasteiger partial charge in [-0.2, -0.15) is 0 Å². The van der Waals surface area contributed by atoms with E-state index in [-0.39, 0.29) is 4.50 Å². The molecule has 84 valence electrons. The van der Waals surface area contributed by atoms with Crippen molar-refractivity contribution in [2.75, 3.05) is 0 Å². The summed E-state index contributed by atoms with van der Waals surface area (Å²) in [4.78, 5) is 0. The van der Waals surface area contributed by atoms with Crippen LogP contribution < -0.4 is 0 Å². The second-order valence-corrected chi connectivity index (χ2v) is 8.56. The predicted octanol–water partition coefficient (Wildman–Crippen LogP) is 3.59. The molecule has 0 heterocycles. The van der Waals surface area contributed by atoms with Gasteiger partial charge in [0, 0.05) is 14.7 Å². The smallest absolute Gasteiger partial charge is 0.0294 e. The van der Waals surface area contributed by atoms with Crippen LogP contribution in [0.15, 0.2) is 0 Å². The summed E-state index contributed by atoms with van der Waals surface area (Å²) in [6.07, 6.45) is 15.4. The number of halogens is 1. The molecule has 0 amide bonds. The van der Waals surface area contributed by atoms with E-state index in [1.165, 1.54) is 80.9 Å². The molecule has 1 aliphatic rings. The van der Waals surface area contributed by atoms with E-state index in [9.17, 15) is 0 Å². The molecule has 14 heavy (non-hydrogen) atoms. The quantitative estimate of drug-likeness (QED) is 0.442. The molecule has 0 aliphatic heterocycles. The van der Waals surface area contributed by atoms with Gasteiger partial charge in [0.2, 0.25) is 0 Å². The Hall–Kier alpha value is 0.507. The van der Waals surface area contributed by atoms with Gasteiger partial charge >= 0.3 is 0 Å². The fraction of sp³-hybridized carbons (Fsp3) is 1.00. The molecule has 0 radical (unpaired) electrons. The maximum absolute atomic E-state index is 6.53. The molecular formula is C12H25ClSi. The van der Waals surface area contributed by atoms with Crippen molar-refractivity contribution in [1.29, 1.82) is 0 Å². The van der Waals surface area contributed by atoms with Crippen LogP contribution in [0.5, 0.6) is 0 Å². The van der Waals surface area contributed by atoms with Gasteiger partial charge in [-0.3, -0.25) is 0 Å². The van der Waals surface area contributed by atoms with Gasteiger partial charge < -0.3 is 0 Å². The van der Waals surface area contributed by atoms with E-state index < -0.39 is 0 Å². The first kappa shape index (κ1) is 12.6. The molecule has 0 N–H and O–H groups in total. The maximum atomic E-state index is 6.53. The van der Waals surface area contributed by atoms with Crippen molar-refractivity contribution < 1.29 is 0 Å². The second-order valence-electron chi connectivity index (χ2n) is 5.10. The molecule has 1 rings (SSSR count). The molecule has 2 heteroatoms. The normalized spacial score (nSPS) is 26.4. The van der Waals surface area contributed by atoms with Crippen molar-refractivity contribution in [3.05, 3.63) is 0 Å². The largest absolute Gasteiger partial charge is 0.124 e. The molecule has 0 saturated heterocycles. The van der Waals surface area contributed by atoms with E-state index in [1.54, 1.807) is 0 Å². The van der Waals surface area contributed by atoms with Gasteiger partial charge in [-0.15, -0.1) is 11.6 Å². The van der Waals surface area contributed by atoms with Crippen LogP contribution in [0.25, 0.3) is 0 Å². The molecule has 0 aromatic rings. The Kier molecular flexibility index (Phi) is 6.19. The average molecular weight is 233 g/mol. The third kappa shape index (κ3) is 6.08. The summed E-state index contributed by atoms with van der Waals surface area (Å²) in [7, 11) is 1.17. The van der Waals surface area contributed by atoms with Gasteiger partial charge in [0.1, 0.15) is 0 Å². The van der Waals surface area contributed by atoms with Crippen LogP contribution in [0.4, 0.5) is 0 Å². The van der Waals surface area contributed by atoms with Crippen LogP contribution in [-0.2, 0) is 0 Å². The molecular weight excluding hydrogens is 208 g/mol. The first-order chi connectivity index (χ1) is 6.71. The highest BCUT2D eigenvalue weighted by atomic mass is 35.5. The lowest BCUT2D eigenvalue weighted by atomic mass is 10.0. The van der Waals surface area contributed by atoms with E-state index in [4.69, 9.17) is 11.6 Å². The lowest BCUT2D eigenvalue weighted by molar-refractivity contribution is 0.490. The maximum Gasteiger partial charge on any atom is 0.0294 e. The van der Waals surface area contributed by atoms with E-state index in [0.717, 1.165) is 0 Å². The van der Waals surface area contributed by atoms with Crippen molar-refractivity contribution in [2.45, 2.75) is 75.1 Å². The van der Waals surface area contributed by atoms with Crippen molar-refractivity contribution in [3.63, 3.8) is 0 Å². The number of rotatable bonds is 0. The summed E-state index contributed by atoms with van der Waals surface area (Å²) in [6.45, 7) is 0. The topological polar surface area (TPSA) is 0 Å². The summed E-state index contributed by atoms with van der Waals surface area (Å²) in [5, 5.41) is 0. The van der Waals surface area contributed by atoms with E-state index in [0.29, 0.717) is 0 Å². The zero-order valence-corrected chi connectivity index (χ0v) is 12.4. The SMILES string of the molecule is [SiH3]C1(Cl)CCCCCCCCCCC1. The van der Waals surface area contributed by atoms with Crippen LogP contribution >= 0.6 is 11.6 Å². The Morgan fingerprint density at radius 3 is 1.29 bits per heavy atom. The number of alkyl halides is 1. The molecule has 1 fully saturated rings.